The first-order chi connectivity index (χ1) is 10.2. The minimum absolute atomic E-state index is 0.0704. The van der Waals surface area contributed by atoms with E-state index in [2.05, 4.69) is 31.2 Å². The van der Waals surface area contributed by atoms with Gasteiger partial charge >= 0.3 is 0 Å². The van der Waals surface area contributed by atoms with Crippen LogP contribution in [-0.4, -0.2) is 17.2 Å². The van der Waals surface area contributed by atoms with Gasteiger partial charge in [-0.3, -0.25) is 5.84 Å². The maximum Gasteiger partial charge on any atom is 0.0749 e. The van der Waals surface area contributed by atoms with E-state index in [9.17, 15) is 0 Å². The molecular weight excluding hydrogens is 258 g/mol. The van der Waals surface area contributed by atoms with Crippen LogP contribution < -0.4 is 11.6 Å². The second kappa shape index (κ2) is 8.52. The molecule has 1 unspecified atom stereocenters. The summed E-state index contributed by atoms with van der Waals surface area (Å²) in [5.41, 5.74) is 9.04. The molecule has 1 atom stereocenters. The fourth-order valence-electron chi connectivity index (χ4n) is 3.31. The summed E-state index contributed by atoms with van der Waals surface area (Å²) in [5, 5.41) is 1.90. The Labute approximate surface area is 129 Å². The predicted molar refractivity (Wildman–Crippen MR) is 89.6 cm³/mol. The van der Waals surface area contributed by atoms with Crippen LogP contribution in [0.1, 0.15) is 63.0 Å². The van der Waals surface area contributed by atoms with Crippen molar-refractivity contribution in [2.45, 2.75) is 76.9 Å². The summed E-state index contributed by atoms with van der Waals surface area (Å²) in [4.78, 5) is 0. The average molecular weight is 289 g/mol. The van der Waals surface area contributed by atoms with Gasteiger partial charge in [0.1, 0.15) is 0 Å². The number of hydrogen-bond acceptors (Lipinski definition) is 3. The summed E-state index contributed by atoms with van der Waals surface area (Å²) in [6, 6.07) is 9.33. The van der Waals surface area contributed by atoms with Crippen LogP contribution in [0, 0.1) is 0 Å². The Morgan fingerprint density at radius 3 is 2.62 bits per heavy atom. The monoisotopic (exact) mass is 289 g/mol. The zero-order valence-corrected chi connectivity index (χ0v) is 13.4. The molecule has 2 rings (SSSR count). The summed E-state index contributed by atoms with van der Waals surface area (Å²) >= 11 is 0. The molecule has 3 nitrogen and oxygen atoms in total. The lowest BCUT2D eigenvalue weighted by atomic mass is 10.0. The highest BCUT2D eigenvalue weighted by Gasteiger charge is 2.24. The van der Waals surface area contributed by atoms with E-state index in [0.717, 1.165) is 6.42 Å². The molecule has 0 amide bonds. The van der Waals surface area contributed by atoms with E-state index in [4.69, 9.17) is 11.6 Å². The molecule has 0 bridgehead atoms. The molecule has 3 heteroatoms. The summed E-state index contributed by atoms with van der Waals surface area (Å²) in [6.07, 6.45) is 10.8. The van der Waals surface area contributed by atoms with E-state index in [1.807, 2.05) is 5.01 Å². The van der Waals surface area contributed by atoms with E-state index >= 15 is 0 Å². The molecule has 4 N–H and O–H groups in total. The lowest BCUT2D eigenvalue weighted by Gasteiger charge is -2.29. The van der Waals surface area contributed by atoms with Gasteiger partial charge in [0.25, 0.3) is 0 Å². The van der Waals surface area contributed by atoms with Crippen LogP contribution in [0.15, 0.2) is 24.3 Å². The molecule has 21 heavy (non-hydrogen) atoms. The Morgan fingerprint density at radius 2 is 1.90 bits per heavy atom. The molecule has 1 aromatic carbocycles. The minimum atomic E-state index is -0.0704. The lowest BCUT2D eigenvalue weighted by molar-refractivity contribution is 0.139. The second-order valence-electron chi connectivity index (χ2n) is 6.43. The first-order valence-corrected chi connectivity index (χ1v) is 8.57. The normalized spacial score (nSPS) is 17.5. The van der Waals surface area contributed by atoms with Crippen LogP contribution in [0.5, 0.6) is 0 Å². The second-order valence-corrected chi connectivity index (χ2v) is 6.43. The standard InChI is InChI=1S/C18H31N3/c1-2-3-4-8-15-9-7-10-16(13-15)14-18(19)21(20)17-11-5-6-12-17/h7,9-10,13,17-18H,2-6,8,11-12,14,19-20H2,1H3. The zero-order chi connectivity index (χ0) is 15.1. The van der Waals surface area contributed by atoms with Gasteiger partial charge in [-0.2, -0.15) is 0 Å². The third-order valence-electron chi connectivity index (χ3n) is 4.63. The van der Waals surface area contributed by atoms with Crippen molar-refractivity contribution < 1.29 is 0 Å². The molecule has 0 spiro atoms. The largest absolute Gasteiger partial charge is 0.314 e. The molecule has 0 heterocycles. The van der Waals surface area contributed by atoms with Gasteiger partial charge in [0.15, 0.2) is 0 Å². The van der Waals surface area contributed by atoms with Crippen molar-refractivity contribution in [3.8, 4) is 0 Å². The van der Waals surface area contributed by atoms with Gasteiger partial charge in [-0.05, 0) is 36.8 Å². The Balaban J connectivity index is 1.87. The van der Waals surface area contributed by atoms with Crippen LogP contribution in [0.3, 0.4) is 0 Å². The van der Waals surface area contributed by atoms with Crippen molar-refractivity contribution in [3.05, 3.63) is 35.4 Å². The highest BCUT2D eigenvalue weighted by molar-refractivity contribution is 5.24. The van der Waals surface area contributed by atoms with Crippen LogP contribution in [-0.2, 0) is 12.8 Å². The van der Waals surface area contributed by atoms with E-state index in [1.54, 1.807) is 0 Å². The number of aryl methyl sites for hydroxylation is 1. The maximum atomic E-state index is 6.30. The smallest absolute Gasteiger partial charge is 0.0749 e. The Hall–Kier alpha value is -0.900. The van der Waals surface area contributed by atoms with Crippen LogP contribution in [0.2, 0.25) is 0 Å². The summed E-state index contributed by atoms with van der Waals surface area (Å²) in [7, 11) is 0. The topological polar surface area (TPSA) is 55.3 Å². The van der Waals surface area contributed by atoms with Crippen LogP contribution >= 0.6 is 0 Å². The lowest BCUT2D eigenvalue weighted by Crippen LogP contribution is -2.52. The number of unbranched alkanes of at least 4 members (excludes halogenated alkanes) is 2. The molecule has 1 fully saturated rings. The van der Waals surface area contributed by atoms with E-state index in [0.29, 0.717) is 6.04 Å². The zero-order valence-electron chi connectivity index (χ0n) is 13.4. The number of nitrogens with zero attached hydrogens (tertiary/aromatic N) is 1. The van der Waals surface area contributed by atoms with Crippen LogP contribution in [0.4, 0.5) is 0 Å². The third kappa shape index (κ3) is 5.10. The number of hydrazine groups is 1. The van der Waals surface area contributed by atoms with Crippen LogP contribution in [0.25, 0.3) is 0 Å². The molecule has 1 aliphatic carbocycles. The Bertz CT molecular complexity index is 413. The van der Waals surface area contributed by atoms with E-state index in [-0.39, 0.29) is 6.17 Å². The SMILES string of the molecule is CCCCCc1cccc(CC(N)N(N)C2CCCC2)c1. The summed E-state index contributed by atoms with van der Waals surface area (Å²) in [6.45, 7) is 2.24. The van der Waals surface area contributed by atoms with Gasteiger partial charge in [0, 0.05) is 12.5 Å². The molecule has 1 saturated carbocycles. The summed E-state index contributed by atoms with van der Waals surface area (Å²) < 4.78 is 0. The van der Waals surface area contributed by atoms with Crippen molar-refractivity contribution in [1.82, 2.24) is 5.01 Å². The number of rotatable bonds is 8. The molecule has 0 aromatic heterocycles. The van der Waals surface area contributed by atoms with Gasteiger partial charge in [-0.15, -0.1) is 0 Å². The van der Waals surface area contributed by atoms with E-state index in [1.165, 1.54) is 62.5 Å². The van der Waals surface area contributed by atoms with Gasteiger partial charge in [0.05, 0.1) is 6.17 Å². The highest BCUT2D eigenvalue weighted by atomic mass is 15.5. The van der Waals surface area contributed by atoms with Crippen molar-refractivity contribution in [2.75, 3.05) is 0 Å². The maximum absolute atomic E-state index is 6.30. The summed E-state index contributed by atoms with van der Waals surface area (Å²) in [5.74, 6) is 6.21. The molecule has 118 valence electrons. The Morgan fingerprint density at radius 1 is 1.19 bits per heavy atom. The third-order valence-corrected chi connectivity index (χ3v) is 4.63. The average Bonchev–Trinajstić information content (AvgIpc) is 3.01. The fourth-order valence-corrected chi connectivity index (χ4v) is 3.31. The first kappa shape index (κ1) is 16.5. The van der Waals surface area contributed by atoms with Crippen molar-refractivity contribution in [2.24, 2.45) is 11.6 Å². The van der Waals surface area contributed by atoms with Gasteiger partial charge in [-0.25, -0.2) is 5.01 Å². The molecule has 1 aliphatic rings. The number of hydrogen-bond donors (Lipinski definition) is 2. The quantitative estimate of drug-likeness (QED) is 0.334. The number of benzene rings is 1. The number of nitrogens with two attached hydrogens (primary N) is 2. The molecule has 1 aromatic rings. The van der Waals surface area contributed by atoms with E-state index < -0.39 is 0 Å². The molecule has 0 radical (unpaired) electrons. The van der Waals surface area contributed by atoms with Gasteiger partial charge < -0.3 is 5.73 Å². The van der Waals surface area contributed by atoms with Crippen molar-refractivity contribution in [3.63, 3.8) is 0 Å². The minimum Gasteiger partial charge on any atom is -0.314 e. The predicted octanol–water partition coefficient (Wildman–Crippen LogP) is 3.36. The molecule has 0 saturated heterocycles. The highest BCUT2D eigenvalue weighted by Crippen LogP contribution is 2.22. The van der Waals surface area contributed by atoms with Gasteiger partial charge in [-0.1, -0.05) is 56.9 Å². The van der Waals surface area contributed by atoms with Gasteiger partial charge in [0.2, 0.25) is 0 Å². The fraction of sp³-hybridized carbons (Fsp3) is 0.667. The first-order valence-electron chi connectivity index (χ1n) is 8.57. The Kier molecular flexibility index (Phi) is 6.68. The van der Waals surface area contributed by atoms with Crippen molar-refractivity contribution >= 4 is 0 Å². The van der Waals surface area contributed by atoms with Crippen molar-refractivity contribution in [1.29, 1.82) is 0 Å². The molecule has 0 aliphatic heterocycles. The molecular formula is C18H31N3.